The van der Waals surface area contributed by atoms with Crippen LogP contribution in [-0.4, -0.2) is 31.1 Å². The summed E-state index contributed by atoms with van der Waals surface area (Å²) < 4.78 is 137. The van der Waals surface area contributed by atoms with Crippen LogP contribution in [-0.2, 0) is 38.4 Å². The average molecular weight is 970 g/mol. The van der Waals surface area contributed by atoms with Gasteiger partial charge in [-0.1, -0.05) is 132 Å². The number of aryl methyl sites for hydroxylation is 2. The summed E-state index contributed by atoms with van der Waals surface area (Å²) >= 11 is 0. The molecule has 0 fully saturated rings. The van der Waals surface area contributed by atoms with Crippen LogP contribution < -0.4 is 9.47 Å². The second-order valence-corrected chi connectivity index (χ2v) is 20.6. The molecule has 0 unspecified atom stereocenters. The smallest absolute Gasteiger partial charge is 0.411 e. The lowest BCUT2D eigenvalue weighted by Crippen LogP contribution is -2.54. The molecule has 6 aromatic rings. The lowest BCUT2D eigenvalue weighted by Gasteiger charge is -2.38. The van der Waals surface area contributed by atoms with Gasteiger partial charge in [0, 0.05) is 16.5 Å². The highest BCUT2D eigenvalue weighted by Crippen LogP contribution is 2.57. The van der Waals surface area contributed by atoms with Crippen LogP contribution in [0.15, 0.2) is 132 Å². The Morgan fingerprint density at radius 2 is 1.25 bits per heavy atom. The molecular formula is C55H53F6NO6S. The van der Waals surface area contributed by atoms with Gasteiger partial charge in [-0.15, -0.1) is 0 Å². The van der Waals surface area contributed by atoms with Gasteiger partial charge in [-0.2, -0.15) is 40.0 Å². The molecular weight excluding hydrogens is 917 g/mol. The molecule has 0 atom stereocenters. The molecule has 0 saturated heterocycles. The number of nitriles is 1. The maximum Gasteiger partial charge on any atom is 0.411 e. The van der Waals surface area contributed by atoms with Crippen LogP contribution in [0.5, 0.6) is 17.2 Å². The van der Waals surface area contributed by atoms with Crippen LogP contribution >= 0.6 is 0 Å². The Morgan fingerprint density at radius 3 is 1.77 bits per heavy atom. The molecule has 69 heavy (non-hydrogen) atoms. The maximum absolute atomic E-state index is 15.2. The highest BCUT2D eigenvalue weighted by Gasteiger charge is 2.72. The third kappa shape index (κ3) is 10.3. The summed E-state index contributed by atoms with van der Waals surface area (Å²) in [7, 11) is -4.63. The highest BCUT2D eigenvalue weighted by atomic mass is 32.2. The zero-order valence-corrected chi connectivity index (χ0v) is 40.5. The molecule has 14 heteroatoms. The molecule has 0 amide bonds. The predicted octanol–water partition coefficient (Wildman–Crippen LogP) is 14.4. The Morgan fingerprint density at radius 1 is 0.681 bits per heavy atom. The van der Waals surface area contributed by atoms with Gasteiger partial charge < -0.3 is 9.47 Å². The fourth-order valence-electron chi connectivity index (χ4n) is 8.91. The van der Waals surface area contributed by atoms with Gasteiger partial charge in [0.2, 0.25) is 5.41 Å². The van der Waals surface area contributed by atoms with E-state index in [4.69, 9.17) is 9.47 Å². The zero-order chi connectivity index (χ0) is 51.1. The van der Waals surface area contributed by atoms with Gasteiger partial charge in [-0.25, -0.2) is 0 Å². The molecule has 0 bridgehead atoms. The molecule has 0 spiro atoms. The second-order valence-electron chi connectivity index (χ2n) is 19.2. The lowest BCUT2D eigenvalue weighted by atomic mass is 9.71. The van der Waals surface area contributed by atoms with Crippen molar-refractivity contribution in [3.05, 3.63) is 189 Å². The van der Waals surface area contributed by atoms with Gasteiger partial charge in [0.1, 0.15) is 28.9 Å². The number of carbonyl (C=O) groups is 1. The SMILES string of the molecule is CCCc1ccc(Oc2ccc(C(c3ccc(OC(C)(C)c4cccc(C)c4)cc3)(C(F)(F)F)C(F)(F)F)cc2)c(C#N)c1C(C)(C)c1ccc(C(C)(C)C)c(C(=O)c2cccc(S(=O)(=O)O)c2)c1. The number of carbonyl (C=O) groups excluding carboxylic acids is 1. The van der Waals surface area contributed by atoms with Gasteiger partial charge in [-0.3, -0.25) is 9.35 Å². The number of alkyl halides is 6. The summed E-state index contributed by atoms with van der Waals surface area (Å²) in [5.74, 6) is -0.605. The molecule has 1 N–H and O–H groups in total. The number of rotatable bonds is 14. The van der Waals surface area contributed by atoms with Crippen molar-refractivity contribution in [2.24, 2.45) is 0 Å². The Kier molecular flexibility index (Phi) is 14.2. The Hall–Kier alpha value is -6.43. The summed E-state index contributed by atoms with van der Waals surface area (Å²) in [5.41, 5.74) is -4.71. The van der Waals surface area contributed by atoms with E-state index < -0.39 is 66.1 Å². The summed E-state index contributed by atoms with van der Waals surface area (Å²) in [6.07, 6.45) is -10.6. The molecule has 0 aromatic heterocycles. The minimum absolute atomic E-state index is 0.0140. The number of ether oxygens (including phenoxy) is 2. The zero-order valence-electron chi connectivity index (χ0n) is 39.7. The van der Waals surface area contributed by atoms with Crippen LogP contribution in [0.1, 0.15) is 128 Å². The fourth-order valence-corrected chi connectivity index (χ4v) is 9.44. The minimum Gasteiger partial charge on any atom is -0.483 e. The van der Waals surface area contributed by atoms with Crippen molar-refractivity contribution < 1.29 is 53.6 Å². The Bertz CT molecular complexity index is 3020. The number of ketones is 1. The summed E-state index contributed by atoms with van der Waals surface area (Å²) in [5, 5.41) is 10.8. The quantitative estimate of drug-likeness (QED) is 0.0657. The van der Waals surface area contributed by atoms with Crippen molar-refractivity contribution in [3.8, 4) is 23.3 Å². The van der Waals surface area contributed by atoms with E-state index in [1.807, 2.05) is 78.8 Å². The minimum atomic E-state index is -5.86. The lowest BCUT2D eigenvalue weighted by molar-refractivity contribution is -0.288. The molecule has 6 aromatic carbocycles. The van der Waals surface area contributed by atoms with E-state index in [1.54, 1.807) is 32.0 Å². The largest absolute Gasteiger partial charge is 0.483 e. The molecule has 362 valence electrons. The molecule has 0 heterocycles. The number of halogens is 6. The summed E-state index contributed by atoms with van der Waals surface area (Å²) in [6, 6.07) is 30.4. The van der Waals surface area contributed by atoms with Crippen molar-refractivity contribution in [2.45, 2.75) is 114 Å². The highest BCUT2D eigenvalue weighted by molar-refractivity contribution is 7.85. The van der Waals surface area contributed by atoms with Gasteiger partial charge in [-0.05, 0) is 120 Å². The van der Waals surface area contributed by atoms with Crippen LogP contribution in [0, 0.1) is 18.3 Å². The first kappa shape index (κ1) is 52.0. The van der Waals surface area contributed by atoms with Crippen molar-refractivity contribution in [3.63, 3.8) is 0 Å². The van der Waals surface area contributed by atoms with Crippen molar-refractivity contribution in [1.29, 1.82) is 5.26 Å². The first-order valence-corrected chi connectivity index (χ1v) is 23.5. The van der Waals surface area contributed by atoms with Crippen LogP contribution in [0.3, 0.4) is 0 Å². The van der Waals surface area contributed by atoms with Crippen molar-refractivity contribution in [2.75, 3.05) is 0 Å². The first-order valence-electron chi connectivity index (χ1n) is 22.1. The average Bonchev–Trinajstić information content (AvgIpc) is 3.26. The van der Waals surface area contributed by atoms with E-state index in [9.17, 15) is 23.0 Å². The second kappa shape index (κ2) is 18.8. The van der Waals surface area contributed by atoms with E-state index in [0.29, 0.717) is 41.7 Å². The monoisotopic (exact) mass is 969 g/mol. The molecule has 0 aliphatic heterocycles. The molecule has 0 saturated carbocycles. The van der Waals surface area contributed by atoms with E-state index in [0.717, 1.165) is 59.2 Å². The molecule has 0 aliphatic carbocycles. The maximum atomic E-state index is 15.2. The molecule has 7 nitrogen and oxygen atoms in total. The van der Waals surface area contributed by atoms with Gasteiger partial charge in [0.15, 0.2) is 5.78 Å². The number of hydrogen-bond donors (Lipinski definition) is 1. The normalized spacial score (nSPS) is 12.9. The number of nitrogens with zero attached hydrogens (tertiary/aromatic N) is 1. The Labute approximate surface area is 399 Å². The third-order valence-electron chi connectivity index (χ3n) is 12.4. The number of benzene rings is 6. The first-order chi connectivity index (χ1) is 32.0. The van der Waals surface area contributed by atoms with E-state index in [2.05, 4.69) is 6.07 Å². The van der Waals surface area contributed by atoms with Crippen molar-refractivity contribution >= 4 is 15.9 Å². The number of hydrogen-bond acceptors (Lipinski definition) is 6. The van der Waals surface area contributed by atoms with Gasteiger partial charge in [0.25, 0.3) is 10.1 Å². The Balaban J connectivity index is 1.40. The van der Waals surface area contributed by atoms with E-state index in [-0.39, 0.29) is 33.9 Å². The topological polar surface area (TPSA) is 114 Å². The van der Waals surface area contributed by atoms with E-state index in [1.165, 1.54) is 24.3 Å². The molecule has 6 rings (SSSR count). The van der Waals surface area contributed by atoms with Crippen LogP contribution in [0.4, 0.5) is 26.3 Å². The van der Waals surface area contributed by atoms with Crippen LogP contribution in [0.25, 0.3) is 0 Å². The van der Waals surface area contributed by atoms with Gasteiger partial charge >= 0.3 is 12.4 Å². The standard InChI is InChI=1S/C55H53F6NO6S/c1-10-13-35-18-29-47(45(33-62)48(35)51(6,7)39-23-28-46(50(3,4)5)44(32-39)49(63)36-15-12-17-43(31-36)69(64,65)66)67-41-24-19-37(20-25-41)53(54(56,57)58,55(59,60)61)38-21-26-42(27-22-38)68-52(8,9)40-16-11-14-34(2)30-40/h11-12,14-32H,10,13H2,1-9H3,(H,64,65,66). The van der Waals surface area contributed by atoms with Crippen LogP contribution in [0.2, 0.25) is 0 Å². The third-order valence-corrected chi connectivity index (χ3v) is 13.3. The predicted molar refractivity (Wildman–Crippen MR) is 253 cm³/mol. The summed E-state index contributed by atoms with van der Waals surface area (Å²) in [4.78, 5) is 13.8. The van der Waals surface area contributed by atoms with E-state index >= 15 is 26.3 Å². The molecule has 0 radical (unpaired) electrons. The van der Waals surface area contributed by atoms with Crippen molar-refractivity contribution in [1.82, 2.24) is 0 Å². The fraction of sp³-hybridized carbons (Fsp3) is 0.309. The molecule has 0 aliphatic rings. The van der Waals surface area contributed by atoms with Gasteiger partial charge in [0.05, 0.1) is 10.5 Å². The summed E-state index contributed by atoms with van der Waals surface area (Å²) in [6.45, 7) is 16.7.